The largest absolute Gasteiger partial charge is 0.325 e. The molecule has 2 N–H and O–H groups in total. The van der Waals surface area contributed by atoms with Gasteiger partial charge in [-0.1, -0.05) is 25.7 Å². The summed E-state index contributed by atoms with van der Waals surface area (Å²) in [6.45, 7) is 2.79. The van der Waals surface area contributed by atoms with Gasteiger partial charge >= 0.3 is 0 Å². The lowest BCUT2D eigenvalue weighted by molar-refractivity contribution is 0.576. The molecule has 84 valence electrons. The topological polar surface area (TPSA) is 38.9 Å². The zero-order valence-electron chi connectivity index (χ0n) is 9.46. The fourth-order valence-electron chi connectivity index (χ4n) is 2.48. The lowest BCUT2D eigenvalue weighted by atomic mass is 9.96. The van der Waals surface area contributed by atoms with Crippen LogP contribution in [0.15, 0.2) is 0 Å². The van der Waals surface area contributed by atoms with Gasteiger partial charge in [0.05, 0.1) is 5.69 Å². The van der Waals surface area contributed by atoms with Crippen LogP contribution < -0.4 is 5.73 Å². The van der Waals surface area contributed by atoms with E-state index in [0.717, 1.165) is 5.01 Å². The van der Waals surface area contributed by atoms with Gasteiger partial charge in [-0.3, -0.25) is 0 Å². The number of aryl methyl sites for hydroxylation is 1. The molecule has 0 spiro atoms. The number of nitrogens with zero attached hydrogens (tertiary/aromatic N) is 1. The van der Waals surface area contributed by atoms with Crippen LogP contribution in [0.5, 0.6) is 0 Å². The third-order valence-corrected chi connectivity index (χ3v) is 4.30. The maximum absolute atomic E-state index is 5.64. The predicted octanol–water partition coefficient (Wildman–Crippen LogP) is 3.35. The maximum atomic E-state index is 5.64. The number of hydrogen-bond acceptors (Lipinski definition) is 3. The SMILES string of the molecule is Cc1sc(CN)nc1C1CCCCCC1. The molecule has 0 unspecified atom stereocenters. The van der Waals surface area contributed by atoms with Crippen LogP contribution in [-0.4, -0.2) is 4.98 Å². The highest BCUT2D eigenvalue weighted by atomic mass is 32.1. The Balaban J connectivity index is 2.15. The standard InChI is InChI=1S/C12H20N2S/c1-9-12(14-11(8-13)15-9)10-6-4-2-3-5-7-10/h10H,2-8,13H2,1H3. The fourth-order valence-corrected chi connectivity index (χ4v) is 3.38. The van der Waals surface area contributed by atoms with Crippen molar-refractivity contribution in [3.63, 3.8) is 0 Å². The van der Waals surface area contributed by atoms with E-state index in [4.69, 9.17) is 5.73 Å². The first kappa shape index (κ1) is 11.1. The molecule has 2 rings (SSSR count). The minimum absolute atomic E-state index is 0.595. The highest BCUT2D eigenvalue weighted by Crippen LogP contribution is 2.34. The highest BCUT2D eigenvalue weighted by molar-refractivity contribution is 7.11. The zero-order chi connectivity index (χ0) is 10.7. The Morgan fingerprint density at radius 3 is 2.47 bits per heavy atom. The van der Waals surface area contributed by atoms with Gasteiger partial charge < -0.3 is 5.73 Å². The Labute approximate surface area is 95.9 Å². The first-order valence-electron chi connectivity index (χ1n) is 5.97. The summed E-state index contributed by atoms with van der Waals surface area (Å²) < 4.78 is 0. The van der Waals surface area contributed by atoms with Crippen LogP contribution in [0.25, 0.3) is 0 Å². The number of hydrogen-bond donors (Lipinski definition) is 1. The van der Waals surface area contributed by atoms with Gasteiger partial charge in [0.25, 0.3) is 0 Å². The first-order valence-corrected chi connectivity index (χ1v) is 6.79. The van der Waals surface area contributed by atoms with Crippen LogP contribution in [-0.2, 0) is 6.54 Å². The van der Waals surface area contributed by atoms with Crippen molar-refractivity contribution in [1.82, 2.24) is 4.98 Å². The van der Waals surface area contributed by atoms with E-state index in [0.29, 0.717) is 12.5 Å². The Morgan fingerprint density at radius 1 is 1.27 bits per heavy atom. The van der Waals surface area contributed by atoms with Crippen molar-refractivity contribution in [2.45, 2.75) is 57.9 Å². The third kappa shape index (κ3) is 2.58. The second kappa shape index (κ2) is 5.08. The van der Waals surface area contributed by atoms with Gasteiger partial charge in [-0.25, -0.2) is 4.98 Å². The van der Waals surface area contributed by atoms with Crippen LogP contribution in [0, 0.1) is 6.92 Å². The molecular weight excluding hydrogens is 204 g/mol. The summed E-state index contributed by atoms with van der Waals surface area (Å²) in [5.74, 6) is 0.712. The van der Waals surface area contributed by atoms with Gasteiger partial charge in [0.1, 0.15) is 5.01 Å². The van der Waals surface area contributed by atoms with Gasteiger partial charge in [0.2, 0.25) is 0 Å². The van der Waals surface area contributed by atoms with Crippen molar-refractivity contribution in [3.8, 4) is 0 Å². The monoisotopic (exact) mass is 224 g/mol. The van der Waals surface area contributed by atoms with Gasteiger partial charge in [-0.15, -0.1) is 11.3 Å². The molecule has 0 bridgehead atoms. The molecule has 0 radical (unpaired) electrons. The van der Waals surface area contributed by atoms with Gasteiger partial charge in [-0.05, 0) is 19.8 Å². The Bertz CT molecular complexity index is 311. The fraction of sp³-hybridized carbons (Fsp3) is 0.750. The normalized spacial score (nSPS) is 19.1. The molecule has 1 fully saturated rings. The number of thiazole rings is 1. The molecule has 0 aliphatic heterocycles. The summed E-state index contributed by atoms with van der Waals surface area (Å²) in [5.41, 5.74) is 6.99. The highest BCUT2D eigenvalue weighted by Gasteiger charge is 2.19. The summed E-state index contributed by atoms with van der Waals surface area (Å²) in [6, 6.07) is 0. The van der Waals surface area contributed by atoms with E-state index < -0.39 is 0 Å². The minimum Gasteiger partial charge on any atom is -0.325 e. The maximum Gasteiger partial charge on any atom is 0.107 e. The van der Waals surface area contributed by atoms with Crippen LogP contribution in [0.1, 0.15) is 60.0 Å². The summed E-state index contributed by atoms with van der Waals surface area (Å²) in [5, 5.41) is 1.10. The van der Waals surface area contributed by atoms with E-state index in [1.807, 2.05) is 0 Å². The number of aromatic nitrogens is 1. The third-order valence-electron chi connectivity index (χ3n) is 3.29. The average Bonchev–Trinajstić information content (AvgIpc) is 2.48. The quantitative estimate of drug-likeness (QED) is 0.782. The van der Waals surface area contributed by atoms with Crippen LogP contribution in [0.4, 0.5) is 0 Å². The molecule has 1 heterocycles. The summed E-state index contributed by atoms with van der Waals surface area (Å²) >= 11 is 1.78. The molecule has 0 aromatic carbocycles. The zero-order valence-corrected chi connectivity index (χ0v) is 10.3. The summed E-state index contributed by atoms with van der Waals surface area (Å²) in [4.78, 5) is 6.08. The molecule has 1 aliphatic carbocycles. The van der Waals surface area contributed by atoms with Crippen molar-refractivity contribution >= 4 is 11.3 Å². The number of rotatable bonds is 2. The molecule has 1 aromatic heterocycles. The molecule has 0 atom stereocenters. The molecule has 1 aromatic rings. The molecule has 15 heavy (non-hydrogen) atoms. The molecule has 0 saturated heterocycles. The van der Waals surface area contributed by atoms with Crippen molar-refractivity contribution in [3.05, 3.63) is 15.6 Å². The lowest BCUT2D eigenvalue weighted by Crippen LogP contribution is -2.01. The Morgan fingerprint density at radius 2 is 1.93 bits per heavy atom. The van der Waals surface area contributed by atoms with E-state index in [1.165, 1.54) is 49.1 Å². The minimum atomic E-state index is 0.595. The molecule has 0 amide bonds. The van der Waals surface area contributed by atoms with Crippen LogP contribution in [0.2, 0.25) is 0 Å². The summed E-state index contributed by atoms with van der Waals surface area (Å²) in [7, 11) is 0. The molecule has 3 heteroatoms. The van der Waals surface area contributed by atoms with E-state index in [2.05, 4.69) is 11.9 Å². The van der Waals surface area contributed by atoms with Crippen molar-refractivity contribution in [1.29, 1.82) is 0 Å². The molecular formula is C12H20N2S. The summed E-state index contributed by atoms with van der Waals surface area (Å²) in [6.07, 6.45) is 8.22. The van der Waals surface area contributed by atoms with Gasteiger partial charge in [-0.2, -0.15) is 0 Å². The Hall–Kier alpha value is -0.410. The number of nitrogens with two attached hydrogens (primary N) is 1. The molecule has 1 aliphatic rings. The predicted molar refractivity (Wildman–Crippen MR) is 65.2 cm³/mol. The van der Waals surface area contributed by atoms with E-state index in [9.17, 15) is 0 Å². The van der Waals surface area contributed by atoms with Crippen LogP contribution >= 0.6 is 11.3 Å². The van der Waals surface area contributed by atoms with Crippen molar-refractivity contribution in [2.75, 3.05) is 0 Å². The molecule has 2 nitrogen and oxygen atoms in total. The first-order chi connectivity index (χ1) is 7.31. The van der Waals surface area contributed by atoms with Gasteiger partial charge in [0.15, 0.2) is 0 Å². The smallest absolute Gasteiger partial charge is 0.107 e. The van der Waals surface area contributed by atoms with E-state index in [1.54, 1.807) is 11.3 Å². The van der Waals surface area contributed by atoms with Crippen molar-refractivity contribution in [2.24, 2.45) is 5.73 Å². The lowest BCUT2D eigenvalue weighted by Gasteiger charge is -2.11. The molecule has 1 saturated carbocycles. The van der Waals surface area contributed by atoms with E-state index in [-0.39, 0.29) is 0 Å². The second-order valence-corrected chi connectivity index (χ2v) is 5.73. The average molecular weight is 224 g/mol. The van der Waals surface area contributed by atoms with E-state index >= 15 is 0 Å². The Kier molecular flexibility index (Phi) is 3.76. The van der Waals surface area contributed by atoms with Gasteiger partial charge in [0, 0.05) is 17.3 Å². The second-order valence-electron chi connectivity index (χ2n) is 4.44. The van der Waals surface area contributed by atoms with Crippen molar-refractivity contribution < 1.29 is 0 Å². The van der Waals surface area contributed by atoms with Crippen LogP contribution in [0.3, 0.4) is 0 Å².